The number of aromatic carboxylic acids is 1. The Balaban J connectivity index is 3.27. The van der Waals surface area contributed by atoms with Crippen LogP contribution in [0.15, 0.2) is 12.3 Å². The second kappa shape index (κ2) is 3.35. The van der Waals surface area contributed by atoms with Crippen molar-refractivity contribution in [3.05, 3.63) is 29.1 Å². The van der Waals surface area contributed by atoms with Crippen LogP contribution in [0.2, 0.25) is 0 Å². The molecule has 0 aromatic carbocycles. The fourth-order valence-corrected chi connectivity index (χ4v) is 1.01. The van der Waals surface area contributed by atoms with Crippen molar-refractivity contribution in [3.8, 4) is 0 Å². The van der Waals surface area contributed by atoms with Crippen molar-refractivity contribution < 1.29 is 14.7 Å². The first-order valence-corrected chi connectivity index (χ1v) is 3.73. The Morgan fingerprint density at radius 1 is 1.46 bits per heavy atom. The summed E-state index contributed by atoms with van der Waals surface area (Å²) >= 11 is 0. The van der Waals surface area contributed by atoms with Gasteiger partial charge >= 0.3 is 5.97 Å². The molecule has 0 atom stereocenters. The molecule has 1 aromatic heterocycles. The van der Waals surface area contributed by atoms with E-state index in [0.717, 1.165) is 0 Å². The van der Waals surface area contributed by atoms with E-state index < -0.39 is 5.97 Å². The van der Waals surface area contributed by atoms with Crippen molar-refractivity contribution in [2.75, 3.05) is 0 Å². The average molecular weight is 179 g/mol. The summed E-state index contributed by atoms with van der Waals surface area (Å²) in [7, 11) is 0. The third-order valence-electron chi connectivity index (χ3n) is 1.71. The molecule has 1 aromatic rings. The number of carboxylic acids is 1. The van der Waals surface area contributed by atoms with Crippen LogP contribution in [0.5, 0.6) is 0 Å². The lowest BCUT2D eigenvalue weighted by molar-refractivity contribution is 0.0696. The minimum atomic E-state index is -1.07. The summed E-state index contributed by atoms with van der Waals surface area (Å²) in [5.41, 5.74) is 0.952. The predicted octanol–water partition coefficient (Wildman–Crippen LogP) is 1.29. The van der Waals surface area contributed by atoms with E-state index >= 15 is 0 Å². The van der Waals surface area contributed by atoms with Crippen molar-refractivity contribution in [2.24, 2.45) is 0 Å². The smallest absolute Gasteiger partial charge is 0.337 e. The summed E-state index contributed by atoms with van der Waals surface area (Å²) in [6.45, 7) is 3.05. The van der Waals surface area contributed by atoms with Gasteiger partial charge in [-0.1, -0.05) is 0 Å². The number of carbonyl (C=O) groups is 2. The van der Waals surface area contributed by atoms with E-state index in [1.807, 2.05) is 0 Å². The molecule has 1 N–H and O–H groups in total. The molecule has 0 aliphatic heterocycles. The zero-order chi connectivity index (χ0) is 10.0. The number of aryl methyl sites for hydroxylation is 1. The fraction of sp³-hybridized carbons (Fsp3) is 0.222. The van der Waals surface area contributed by atoms with E-state index in [4.69, 9.17) is 5.11 Å². The lowest BCUT2D eigenvalue weighted by atomic mass is 10.1. The van der Waals surface area contributed by atoms with Gasteiger partial charge in [-0.2, -0.15) is 0 Å². The van der Waals surface area contributed by atoms with Gasteiger partial charge in [-0.3, -0.25) is 9.78 Å². The van der Waals surface area contributed by atoms with Gasteiger partial charge < -0.3 is 5.11 Å². The molecule has 1 heterocycles. The SMILES string of the molecule is CC(=O)c1cc(C(=O)O)cnc1C. The molecule has 0 amide bonds. The van der Waals surface area contributed by atoms with Crippen molar-refractivity contribution in [1.82, 2.24) is 4.98 Å². The first-order chi connectivity index (χ1) is 6.02. The molecule has 0 aliphatic rings. The lowest BCUT2D eigenvalue weighted by Crippen LogP contribution is -2.04. The molecule has 0 spiro atoms. The molecule has 13 heavy (non-hydrogen) atoms. The average Bonchev–Trinajstić information content (AvgIpc) is 2.04. The summed E-state index contributed by atoms with van der Waals surface area (Å²) in [4.78, 5) is 25.4. The normalized spacial score (nSPS) is 9.69. The monoisotopic (exact) mass is 179 g/mol. The highest BCUT2D eigenvalue weighted by atomic mass is 16.4. The van der Waals surface area contributed by atoms with E-state index in [2.05, 4.69) is 4.98 Å². The number of pyridine rings is 1. The molecule has 0 saturated heterocycles. The van der Waals surface area contributed by atoms with Crippen molar-refractivity contribution in [3.63, 3.8) is 0 Å². The van der Waals surface area contributed by atoms with Crippen molar-refractivity contribution in [2.45, 2.75) is 13.8 Å². The molecule has 0 fully saturated rings. The lowest BCUT2D eigenvalue weighted by Gasteiger charge is -2.01. The number of hydrogen-bond donors (Lipinski definition) is 1. The number of ketones is 1. The summed E-state index contributed by atoms with van der Waals surface area (Å²) in [5.74, 6) is -1.25. The van der Waals surface area contributed by atoms with E-state index in [9.17, 15) is 9.59 Å². The fourth-order valence-electron chi connectivity index (χ4n) is 1.01. The number of rotatable bonds is 2. The zero-order valence-corrected chi connectivity index (χ0v) is 7.37. The molecule has 0 bridgehead atoms. The van der Waals surface area contributed by atoms with Crippen LogP contribution in [0.4, 0.5) is 0 Å². The number of nitrogens with zero attached hydrogens (tertiary/aromatic N) is 1. The predicted molar refractivity (Wildman–Crippen MR) is 45.9 cm³/mol. The highest BCUT2D eigenvalue weighted by Gasteiger charge is 2.09. The van der Waals surface area contributed by atoms with Gasteiger partial charge in [-0.15, -0.1) is 0 Å². The maximum atomic E-state index is 11.0. The largest absolute Gasteiger partial charge is 0.478 e. The molecule has 4 nitrogen and oxygen atoms in total. The molecule has 0 radical (unpaired) electrons. The Morgan fingerprint density at radius 2 is 2.08 bits per heavy atom. The van der Waals surface area contributed by atoms with Gasteiger partial charge in [0.15, 0.2) is 5.78 Å². The molecular formula is C9H9NO3. The zero-order valence-electron chi connectivity index (χ0n) is 7.37. The maximum Gasteiger partial charge on any atom is 0.337 e. The quantitative estimate of drug-likeness (QED) is 0.694. The highest BCUT2D eigenvalue weighted by Crippen LogP contribution is 2.08. The van der Waals surface area contributed by atoms with Crippen LogP contribution < -0.4 is 0 Å². The minimum Gasteiger partial charge on any atom is -0.478 e. The molecule has 4 heteroatoms. The number of aromatic nitrogens is 1. The van der Waals surface area contributed by atoms with Crippen LogP contribution in [-0.2, 0) is 0 Å². The second-order valence-electron chi connectivity index (χ2n) is 2.72. The molecular weight excluding hydrogens is 170 g/mol. The van der Waals surface area contributed by atoms with E-state index in [0.29, 0.717) is 11.3 Å². The molecule has 0 aliphatic carbocycles. The van der Waals surface area contributed by atoms with Gasteiger partial charge in [-0.05, 0) is 19.9 Å². The van der Waals surface area contributed by atoms with Crippen molar-refractivity contribution >= 4 is 11.8 Å². The molecule has 1 rings (SSSR count). The topological polar surface area (TPSA) is 67.3 Å². The number of carbonyl (C=O) groups excluding carboxylic acids is 1. The van der Waals surface area contributed by atoms with E-state index in [-0.39, 0.29) is 11.3 Å². The van der Waals surface area contributed by atoms with Gasteiger partial charge in [0, 0.05) is 17.5 Å². The Hall–Kier alpha value is -1.71. The van der Waals surface area contributed by atoms with Gasteiger partial charge in [0.2, 0.25) is 0 Å². The van der Waals surface area contributed by atoms with Crippen molar-refractivity contribution in [1.29, 1.82) is 0 Å². The third-order valence-corrected chi connectivity index (χ3v) is 1.71. The summed E-state index contributed by atoms with van der Waals surface area (Å²) in [5, 5.41) is 8.63. The van der Waals surface area contributed by atoms with Crippen LogP contribution in [0.3, 0.4) is 0 Å². The second-order valence-corrected chi connectivity index (χ2v) is 2.72. The van der Waals surface area contributed by atoms with Gasteiger partial charge in [-0.25, -0.2) is 4.79 Å². The third kappa shape index (κ3) is 1.90. The molecule has 68 valence electrons. The van der Waals surface area contributed by atoms with Crippen LogP contribution in [-0.4, -0.2) is 21.8 Å². The Labute approximate surface area is 75.2 Å². The Morgan fingerprint density at radius 3 is 2.54 bits per heavy atom. The number of Topliss-reactive ketones (excluding diaryl/α,β-unsaturated/α-hetero) is 1. The highest BCUT2D eigenvalue weighted by molar-refractivity contribution is 5.97. The van der Waals surface area contributed by atoms with Gasteiger partial charge in [0.1, 0.15) is 0 Å². The summed E-state index contributed by atoms with van der Waals surface area (Å²) in [6.07, 6.45) is 1.24. The van der Waals surface area contributed by atoms with Crippen LogP contribution >= 0.6 is 0 Å². The Kier molecular flexibility index (Phi) is 2.41. The van der Waals surface area contributed by atoms with Crippen LogP contribution in [0.1, 0.15) is 33.3 Å². The van der Waals surface area contributed by atoms with E-state index in [1.165, 1.54) is 19.2 Å². The number of carboxylic acid groups (broad SMARTS) is 1. The Bertz CT molecular complexity index is 371. The minimum absolute atomic E-state index is 0.0378. The van der Waals surface area contributed by atoms with Crippen LogP contribution in [0, 0.1) is 6.92 Å². The number of hydrogen-bond acceptors (Lipinski definition) is 3. The first-order valence-electron chi connectivity index (χ1n) is 3.73. The first kappa shape index (κ1) is 9.38. The maximum absolute atomic E-state index is 11.0. The molecule has 0 unspecified atom stereocenters. The standard InChI is InChI=1S/C9H9NO3/c1-5-8(6(2)11)3-7(4-10-5)9(12)13/h3-4H,1-2H3,(H,12,13). The summed E-state index contributed by atoms with van der Waals surface area (Å²) in [6, 6.07) is 1.34. The van der Waals surface area contributed by atoms with Gasteiger partial charge in [0.05, 0.1) is 5.56 Å². The molecule has 0 saturated carbocycles. The summed E-state index contributed by atoms with van der Waals surface area (Å²) < 4.78 is 0. The van der Waals surface area contributed by atoms with Crippen LogP contribution in [0.25, 0.3) is 0 Å². The van der Waals surface area contributed by atoms with E-state index in [1.54, 1.807) is 6.92 Å². The van der Waals surface area contributed by atoms with Gasteiger partial charge in [0.25, 0.3) is 0 Å².